The smallest absolute Gasteiger partial charge is 0.433 e. The van der Waals surface area contributed by atoms with Gasteiger partial charge in [0.05, 0.1) is 29.7 Å². The monoisotopic (exact) mass is 395 g/mol. The first kappa shape index (κ1) is 19.9. The molecule has 9 heteroatoms. The molecule has 0 aliphatic rings. The number of nitrogens with two attached hydrogens (primary N) is 1. The molecule has 4 N–H and O–H groups in total. The fourth-order valence-corrected chi connectivity index (χ4v) is 2.86. The summed E-state index contributed by atoms with van der Waals surface area (Å²) < 4.78 is 6.98. The number of ether oxygens (including phenoxy) is 1. The zero-order valence-corrected chi connectivity index (χ0v) is 16.0. The summed E-state index contributed by atoms with van der Waals surface area (Å²) in [6.45, 7) is 2.54. The first-order valence-corrected chi connectivity index (χ1v) is 8.93. The number of benzene rings is 2. The van der Waals surface area contributed by atoms with Crippen LogP contribution in [0.25, 0.3) is 11.0 Å². The lowest BCUT2D eigenvalue weighted by atomic mass is 10.2. The van der Waals surface area contributed by atoms with E-state index in [4.69, 9.17) is 15.6 Å². The fraction of sp³-hybridized carbons (Fsp3) is 0.200. The van der Waals surface area contributed by atoms with Crippen molar-refractivity contribution in [1.29, 1.82) is 0 Å². The van der Waals surface area contributed by atoms with E-state index in [9.17, 15) is 9.59 Å². The van der Waals surface area contributed by atoms with Crippen molar-refractivity contribution in [3.05, 3.63) is 59.4 Å². The van der Waals surface area contributed by atoms with Gasteiger partial charge in [-0.2, -0.15) is 4.99 Å². The molecule has 0 fully saturated rings. The minimum Gasteiger partial charge on any atom is -0.463 e. The first-order valence-electron chi connectivity index (χ1n) is 8.93. The Morgan fingerprint density at radius 2 is 1.90 bits per heavy atom. The van der Waals surface area contributed by atoms with E-state index in [1.54, 1.807) is 43.3 Å². The lowest BCUT2D eigenvalue weighted by molar-refractivity contribution is 0.0526. The van der Waals surface area contributed by atoms with Crippen LogP contribution < -0.4 is 11.1 Å². The van der Waals surface area contributed by atoms with Gasteiger partial charge in [-0.25, -0.2) is 14.6 Å². The van der Waals surface area contributed by atoms with Crippen molar-refractivity contribution < 1.29 is 19.4 Å². The first-order chi connectivity index (χ1) is 13.9. The van der Waals surface area contributed by atoms with Crippen LogP contribution >= 0.6 is 0 Å². The Morgan fingerprint density at radius 3 is 2.55 bits per heavy atom. The highest BCUT2D eigenvalue weighted by molar-refractivity contribution is 6.02. The molecule has 1 heterocycles. The number of rotatable bonds is 6. The van der Waals surface area contributed by atoms with E-state index in [0.717, 1.165) is 17.0 Å². The van der Waals surface area contributed by atoms with Crippen molar-refractivity contribution >= 4 is 34.6 Å². The van der Waals surface area contributed by atoms with Gasteiger partial charge in [-0.1, -0.05) is 0 Å². The predicted molar refractivity (Wildman–Crippen MR) is 109 cm³/mol. The van der Waals surface area contributed by atoms with Crippen LogP contribution in [-0.4, -0.2) is 39.2 Å². The second-order valence-corrected chi connectivity index (χ2v) is 6.22. The molecule has 29 heavy (non-hydrogen) atoms. The van der Waals surface area contributed by atoms with Crippen LogP contribution in [0.1, 0.15) is 28.7 Å². The topological polar surface area (TPSA) is 132 Å². The number of amides is 1. The lowest BCUT2D eigenvalue weighted by Crippen LogP contribution is -2.15. The number of aliphatic imine (C=N–C) groups is 1. The molecule has 0 atom stereocenters. The largest absolute Gasteiger partial charge is 0.463 e. The van der Waals surface area contributed by atoms with Crippen molar-refractivity contribution in [2.24, 2.45) is 17.8 Å². The minimum atomic E-state index is -1.34. The molecule has 0 spiro atoms. The van der Waals surface area contributed by atoms with E-state index in [1.807, 2.05) is 17.7 Å². The zero-order chi connectivity index (χ0) is 21.0. The van der Waals surface area contributed by atoms with Crippen LogP contribution in [0.15, 0.2) is 47.5 Å². The van der Waals surface area contributed by atoms with E-state index in [0.29, 0.717) is 29.8 Å². The molecule has 0 aliphatic heterocycles. The SMILES string of the molecule is CCOC(=O)c1ccc2c(c1)nc(CNc1ccc(C(N)=NC(=O)O)cc1)n2C. The number of nitrogens with one attached hydrogen (secondary N) is 1. The van der Waals surface area contributed by atoms with Crippen LogP contribution in [0.2, 0.25) is 0 Å². The molecule has 1 aromatic heterocycles. The Morgan fingerprint density at radius 1 is 1.21 bits per heavy atom. The van der Waals surface area contributed by atoms with Crippen LogP contribution in [0, 0.1) is 0 Å². The van der Waals surface area contributed by atoms with Crippen molar-refractivity contribution in [2.45, 2.75) is 13.5 Å². The number of esters is 1. The van der Waals surface area contributed by atoms with E-state index >= 15 is 0 Å². The van der Waals surface area contributed by atoms with Gasteiger partial charge >= 0.3 is 12.1 Å². The zero-order valence-electron chi connectivity index (χ0n) is 16.0. The molecule has 0 unspecified atom stereocenters. The van der Waals surface area contributed by atoms with Crippen LogP contribution in [-0.2, 0) is 18.3 Å². The number of imidazole rings is 1. The van der Waals surface area contributed by atoms with Crippen LogP contribution in [0.4, 0.5) is 10.5 Å². The number of carbonyl (C=O) groups excluding carboxylic acids is 1. The Kier molecular flexibility index (Phi) is 5.77. The van der Waals surface area contributed by atoms with Gasteiger partial charge in [-0.05, 0) is 49.4 Å². The Bertz CT molecular complexity index is 1090. The number of aromatic nitrogens is 2. The maximum atomic E-state index is 11.9. The molecule has 150 valence electrons. The van der Waals surface area contributed by atoms with Gasteiger partial charge in [-0.3, -0.25) is 0 Å². The third-order valence-electron chi connectivity index (χ3n) is 4.33. The summed E-state index contributed by atoms with van der Waals surface area (Å²) in [5.74, 6) is 0.361. The normalized spacial score (nSPS) is 11.4. The highest BCUT2D eigenvalue weighted by Crippen LogP contribution is 2.19. The second kappa shape index (κ2) is 8.42. The number of nitrogens with zero attached hydrogens (tertiary/aromatic N) is 3. The van der Waals surface area contributed by atoms with Crippen LogP contribution in [0.5, 0.6) is 0 Å². The van der Waals surface area contributed by atoms with E-state index in [2.05, 4.69) is 15.3 Å². The minimum absolute atomic E-state index is 0.0585. The number of amidine groups is 1. The molecule has 1 amide bonds. The molecule has 3 aromatic rings. The Labute approximate surface area is 166 Å². The van der Waals surface area contributed by atoms with Crippen molar-refractivity contribution in [3.63, 3.8) is 0 Å². The number of carboxylic acid groups (broad SMARTS) is 1. The molecule has 3 rings (SSSR count). The van der Waals surface area contributed by atoms with Crippen molar-refractivity contribution in [1.82, 2.24) is 9.55 Å². The number of carbonyl (C=O) groups is 2. The maximum absolute atomic E-state index is 11.9. The second-order valence-electron chi connectivity index (χ2n) is 6.22. The highest BCUT2D eigenvalue weighted by Gasteiger charge is 2.12. The van der Waals surface area contributed by atoms with Gasteiger partial charge in [0, 0.05) is 18.3 Å². The van der Waals surface area contributed by atoms with Gasteiger partial charge in [0.25, 0.3) is 0 Å². The van der Waals surface area contributed by atoms with Gasteiger partial charge in [0.2, 0.25) is 0 Å². The summed E-state index contributed by atoms with van der Waals surface area (Å²) in [5.41, 5.74) is 9.05. The third-order valence-corrected chi connectivity index (χ3v) is 4.33. The Balaban J connectivity index is 1.74. The predicted octanol–water partition coefficient (Wildman–Crippen LogP) is 2.75. The quantitative estimate of drug-likeness (QED) is 0.332. The molecule has 9 nitrogen and oxygen atoms in total. The number of hydrogen-bond acceptors (Lipinski definition) is 5. The van der Waals surface area contributed by atoms with E-state index in [-0.39, 0.29) is 11.8 Å². The van der Waals surface area contributed by atoms with Gasteiger partial charge in [0.15, 0.2) is 0 Å². The summed E-state index contributed by atoms with van der Waals surface area (Å²) in [4.78, 5) is 30.4. The van der Waals surface area contributed by atoms with Crippen LogP contribution in [0.3, 0.4) is 0 Å². The van der Waals surface area contributed by atoms with E-state index in [1.165, 1.54) is 0 Å². The standard InChI is InChI=1S/C20H21N5O4/c1-3-29-19(26)13-6-9-16-15(10-13)23-17(25(16)2)11-22-14-7-4-12(5-8-14)18(21)24-20(27)28/h4-10,22H,3,11H2,1-2H3,(H2,21,24)(H,27,28). The van der Waals surface area contributed by atoms with Gasteiger partial charge in [0.1, 0.15) is 11.7 Å². The molecule has 0 saturated heterocycles. The molecule has 0 saturated carbocycles. The highest BCUT2D eigenvalue weighted by atomic mass is 16.5. The van der Waals surface area contributed by atoms with Gasteiger partial charge in [-0.15, -0.1) is 0 Å². The van der Waals surface area contributed by atoms with Gasteiger partial charge < -0.3 is 25.5 Å². The molecular formula is C20H21N5O4. The molecule has 0 radical (unpaired) electrons. The molecule has 0 bridgehead atoms. The maximum Gasteiger partial charge on any atom is 0.433 e. The summed E-state index contributed by atoms with van der Waals surface area (Å²) in [6.07, 6.45) is -1.34. The summed E-state index contributed by atoms with van der Waals surface area (Å²) >= 11 is 0. The van der Waals surface area contributed by atoms with Crippen molar-refractivity contribution in [2.75, 3.05) is 11.9 Å². The Hall–Kier alpha value is -3.88. The molecular weight excluding hydrogens is 374 g/mol. The van der Waals surface area contributed by atoms with E-state index < -0.39 is 6.09 Å². The number of aryl methyl sites for hydroxylation is 1. The average Bonchev–Trinajstić information content (AvgIpc) is 3.01. The summed E-state index contributed by atoms with van der Waals surface area (Å²) in [6, 6.07) is 12.2. The molecule has 0 aliphatic carbocycles. The summed E-state index contributed by atoms with van der Waals surface area (Å²) in [5, 5.41) is 11.9. The lowest BCUT2D eigenvalue weighted by Gasteiger charge is -2.08. The number of anilines is 1. The number of hydrogen-bond donors (Lipinski definition) is 3. The van der Waals surface area contributed by atoms with Crippen molar-refractivity contribution in [3.8, 4) is 0 Å². The number of fused-ring (bicyclic) bond motifs is 1. The molecule has 2 aromatic carbocycles. The average molecular weight is 395 g/mol. The third kappa shape index (κ3) is 4.52. The summed E-state index contributed by atoms with van der Waals surface area (Å²) in [7, 11) is 1.91. The fourth-order valence-electron chi connectivity index (χ4n) is 2.86.